The maximum atomic E-state index is 11.9. The van der Waals surface area contributed by atoms with Gasteiger partial charge in [-0.15, -0.1) is 0 Å². The van der Waals surface area contributed by atoms with E-state index in [-0.39, 0.29) is 31.8 Å². The molecule has 0 N–H and O–H groups in total. The van der Waals surface area contributed by atoms with Gasteiger partial charge in [0.05, 0.1) is 25.5 Å². The zero-order valence-corrected chi connectivity index (χ0v) is 20.4. The summed E-state index contributed by atoms with van der Waals surface area (Å²) in [6.07, 6.45) is -1.92. The van der Waals surface area contributed by atoms with Crippen LogP contribution in [0.3, 0.4) is 0 Å². The highest BCUT2D eigenvalue weighted by Gasteiger charge is 2.41. The van der Waals surface area contributed by atoms with Crippen LogP contribution in [0.5, 0.6) is 0 Å². The second kappa shape index (κ2) is 12.8. The minimum atomic E-state index is -3.85. The quantitative estimate of drug-likeness (QED) is 0.0913. The number of hydrogen-bond donors (Lipinski definition) is 0. The second-order valence-electron chi connectivity index (χ2n) is 7.97. The van der Waals surface area contributed by atoms with E-state index < -0.39 is 36.7 Å². The molecular weight excluding hydrogens is 422 g/mol. The average molecular weight is 458 g/mol. The molecule has 0 saturated carbocycles. The van der Waals surface area contributed by atoms with E-state index in [9.17, 15) is 8.42 Å². The van der Waals surface area contributed by atoms with Gasteiger partial charge in [-0.1, -0.05) is 25.9 Å². The highest BCUT2D eigenvalue weighted by atomic mass is 32.2. The van der Waals surface area contributed by atoms with Crippen molar-refractivity contribution in [3.05, 3.63) is 10.4 Å². The standard InChI is InChI=1S/C16H35N3O8SSi/c1-16(2,3)29(7,8)26-10-14(27-28(6,20)21)15(25-12-23-5)13(9-18-19-17)24-11-22-4/h13-15H,9-12H2,1-8H3/t13-,14+,15-/m0/s1. The molecule has 0 spiro atoms. The van der Waals surface area contributed by atoms with Gasteiger partial charge in [-0.2, -0.15) is 8.42 Å². The van der Waals surface area contributed by atoms with E-state index in [1.54, 1.807) is 0 Å². The molecule has 0 unspecified atom stereocenters. The van der Waals surface area contributed by atoms with E-state index in [0.29, 0.717) is 0 Å². The molecule has 13 heteroatoms. The molecule has 0 aromatic heterocycles. The molecule has 29 heavy (non-hydrogen) atoms. The first-order valence-corrected chi connectivity index (χ1v) is 13.8. The van der Waals surface area contributed by atoms with E-state index in [4.69, 9.17) is 33.1 Å². The van der Waals surface area contributed by atoms with Gasteiger partial charge < -0.3 is 23.4 Å². The van der Waals surface area contributed by atoms with Gasteiger partial charge >= 0.3 is 0 Å². The van der Waals surface area contributed by atoms with E-state index in [2.05, 4.69) is 30.8 Å². The van der Waals surface area contributed by atoms with Crippen LogP contribution in [0.4, 0.5) is 0 Å². The summed E-state index contributed by atoms with van der Waals surface area (Å²) in [6.45, 7) is 9.82. The van der Waals surface area contributed by atoms with Gasteiger partial charge in [0.25, 0.3) is 10.1 Å². The Morgan fingerprint density at radius 2 is 1.62 bits per heavy atom. The van der Waals surface area contributed by atoms with Crippen molar-refractivity contribution in [3.63, 3.8) is 0 Å². The van der Waals surface area contributed by atoms with Crippen molar-refractivity contribution in [2.45, 2.75) is 57.2 Å². The van der Waals surface area contributed by atoms with E-state index in [1.807, 2.05) is 13.1 Å². The molecule has 0 radical (unpaired) electrons. The number of methoxy groups -OCH3 is 2. The van der Waals surface area contributed by atoms with Crippen molar-refractivity contribution in [3.8, 4) is 0 Å². The van der Waals surface area contributed by atoms with Gasteiger partial charge in [0.15, 0.2) is 8.32 Å². The summed E-state index contributed by atoms with van der Waals surface area (Å²) in [4.78, 5) is 2.73. The van der Waals surface area contributed by atoms with Crippen LogP contribution >= 0.6 is 0 Å². The zero-order chi connectivity index (χ0) is 22.7. The minimum absolute atomic E-state index is 0.0545. The first-order valence-electron chi connectivity index (χ1n) is 9.03. The van der Waals surface area contributed by atoms with Gasteiger partial charge in [-0.25, -0.2) is 0 Å². The molecule has 0 aliphatic carbocycles. The van der Waals surface area contributed by atoms with Crippen molar-refractivity contribution < 1.29 is 36.0 Å². The summed E-state index contributed by atoms with van der Waals surface area (Å²) < 4.78 is 56.3. The van der Waals surface area contributed by atoms with Crippen LogP contribution in [0.25, 0.3) is 10.4 Å². The molecule has 0 aromatic carbocycles. The largest absolute Gasteiger partial charge is 0.414 e. The lowest BCUT2D eigenvalue weighted by Gasteiger charge is -2.39. The van der Waals surface area contributed by atoms with E-state index in [0.717, 1.165) is 6.26 Å². The highest BCUT2D eigenvalue weighted by Crippen LogP contribution is 2.37. The van der Waals surface area contributed by atoms with Crippen LogP contribution in [-0.4, -0.2) is 82.3 Å². The number of ether oxygens (including phenoxy) is 4. The fraction of sp³-hybridized carbons (Fsp3) is 1.00. The third-order valence-corrected chi connectivity index (χ3v) is 9.65. The SMILES string of the molecule is COCO[C@@H]([C@H](CN=[N+]=[N-])OCOC)[C@@H](CO[Si](C)(C)C(C)(C)C)OS(C)(=O)=O. The van der Waals surface area contributed by atoms with Gasteiger partial charge in [0.1, 0.15) is 25.8 Å². The van der Waals surface area contributed by atoms with Crippen molar-refractivity contribution in [2.24, 2.45) is 5.11 Å². The van der Waals surface area contributed by atoms with Crippen LogP contribution in [-0.2, 0) is 37.7 Å². The normalized spacial score (nSPS) is 16.1. The first-order chi connectivity index (χ1) is 13.3. The Labute approximate surface area is 174 Å². The molecular formula is C16H35N3O8SSi. The number of azide groups is 1. The molecule has 0 aliphatic heterocycles. The Bertz CT molecular complexity index is 620. The summed E-state index contributed by atoms with van der Waals surface area (Å²) in [5.74, 6) is 0. The smallest absolute Gasteiger partial charge is 0.264 e. The lowest BCUT2D eigenvalue weighted by atomic mass is 10.1. The molecule has 0 bridgehead atoms. The maximum Gasteiger partial charge on any atom is 0.264 e. The van der Waals surface area contributed by atoms with Gasteiger partial charge in [0.2, 0.25) is 0 Å². The van der Waals surface area contributed by atoms with Crippen molar-refractivity contribution in [2.75, 3.05) is 47.2 Å². The van der Waals surface area contributed by atoms with Crippen LogP contribution in [0.15, 0.2) is 5.11 Å². The Morgan fingerprint density at radius 3 is 2.07 bits per heavy atom. The molecule has 3 atom stereocenters. The molecule has 0 amide bonds. The van der Waals surface area contributed by atoms with Crippen molar-refractivity contribution in [1.82, 2.24) is 0 Å². The number of nitrogens with zero attached hydrogens (tertiary/aromatic N) is 3. The van der Waals surface area contributed by atoms with Crippen LogP contribution in [0.1, 0.15) is 20.8 Å². The Morgan fingerprint density at radius 1 is 1.07 bits per heavy atom. The Balaban J connectivity index is 5.82. The Kier molecular flexibility index (Phi) is 12.5. The molecule has 0 fully saturated rings. The fourth-order valence-corrected chi connectivity index (χ4v) is 3.66. The predicted molar refractivity (Wildman–Crippen MR) is 110 cm³/mol. The van der Waals surface area contributed by atoms with E-state index in [1.165, 1.54) is 14.2 Å². The lowest BCUT2D eigenvalue weighted by Crippen LogP contribution is -2.50. The highest BCUT2D eigenvalue weighted by molar-refractivity contribution is 7.86. The molecule has 0 aromatic rings. The maximum absolute atomic E-state index is 11.9. The third-order valence-electron chi connectivity index (χ3n) is 4.55. The van der Waals surface area contributed by atoms with Crippen LogP contribution in [0.2, 0.25) is 18.1 Å². The average Bonchev–Trinajstić information content (AvgIpc) is 2.58. The molecule has 172 valence electrons. The molecule has 0 heterocycles. The number of rotatable bonds is 15. The lowest BCUT2D eigenvalue weighted by molar-refractivity contribution is -0.181. The monoisotopic (exact) mass is 457 g/mol. The third kappa shape index (κ3) is 11.3. The topological polar surface area (TPSA) is 138 Å². The van der Waals surface area contributed by atoms with Gasteiger partial charge in [0, 0.05) is 19.1 Å². The number of hydrogen-bond acceptors (Lipinski definition) is 9. The summed E-state index contributed by atoms with van der Waals surface area (Å²) in [6, 6.07) is 0. The molecule has 0 saturated heterocycles. The van der Waals surface area contributed by atoms with Gasteiger partial charge in [-0.3, -0.25) is 4.18 Å². The van der Waals surface area contributed by atoms with Crippen LogP contribution < -0.4 is 0 Å². The predicted octanol–water partition coefficient (Wildman–Crippen LogP) is 2.64. The van der Waals surface area contributed by atoms with Crippen LogP contribution in [0, 0.1) is 0 Å². The zero-order valence-electron chi connectivity index (χ0n) is 18.6. The van der Waals surface area contributed by atoms with E-state index >= 15 is 0 Å². The molecule has 0 aliphatic rings. The summed E-state index contributed by atoms with van der Waals surface area (Å²) >= 11 is 0. The summed E-state index contributed by atoms with van der Waals surface area (Å²) in [5, 5.41) is 3.43. The van der Waals surface area contributed by atoms with Gasteiger partial charge in [-0.05, 0) is 23.7 Å². The second-order valence-corrected chi connectivity index (χ2v) is 14.4. The first kappa shape index (κ1) is 28.2. The molecule has 11 nitrogen and oxygen atoms in total. The van der Waals surface area contributed by atoms with Crippen molar-refractivity contribution >= 4 is 18.4 Å². The molecule has 0 rings (SSSR count). The minimum Gasteiger partial charge on any atom is -0.414 e. The van der Waals surface area contributed by atoms with Crippen molar-refractivity contribution in [1.29, 1.82) is 0 Å². The summed E-state index contributed by atoms with van der Waals surface area (Å²) in [7, 11) is -3.21. The fourth-order valence-electron chi connectivity index (χ4n) is 2.03. The summed E-state index contributed by atoms with van der Waals surface area (Å²) in [5.41, 5.74) is 8.68. The Hall–Kier alpha value is -0.763.